The average molecular weight is 348 g/mol. The van der Waals surface area contributed by atoms with E-state index in [0.29, 0.717) is 11.1 Å². The Morgan fingerprint density at radius 1 is 1.17 bits per heavy atom. The summed E-state index contributed by atoms with van der Waals surface area (Å²) in [5, 5.41) is 7.66. The zero-order valence-corrected chi connectivity index (χ0v) is 13.4. The SMILES string of the molecule is Cc1cc(F)ccc1S(=O)(=O)NCc1nnc(-c2ccncc2)o1. The molecule has 0 aliphatic carbocycles. The van der Waals surface area contributed by atoms with Crippen LogP contribution in [-0.2, 0) is 16.6 Å². The molecule has 24 heavy (non-hydrogen) atoms. The van der Waals surface area contributed by atoms with E-state index in [1.165, 1.54) is 13.0 Å². The van der Waals surface area contributed by atoms with Crippen LogP contribution < -0.4 is 4.72 Å². The van der Waals surface area contributed by atoms with Crippen LogP contribution in [0.1, 0.15) is 11.5 Å². The van der Waals surface area contributed by atoms with Crippen molar-refractivity contribution in [2.45, 2.75) is 18.4 Å². The fourth-order valence-electron chi connectivity index (χ4n) is 2.09. The van der Waals surface area contributed by atoms with Crippen molar-refractivity contribution in [3.63, 3.8) is 0 Å². The molecule has 0 unspecified atom stereocenters. The third kappa shape index (κ3) is 3.47. The fraction of sp³-hybridized carbons (Fsp3) is 0.133. The normalized spacial score (nSPS) is 11.6. The van der Waals surface area contributed by atoms with Crippen LogP contribution in [0.3, 0.4) is 0 Å². The van der Waals surface area contributed by atoms with Gasteiger partial charge in [0.2, 0.25) is 21.8 Å². The molecule has 0 saturated carbocycles. The van der Waals surface area contributed by atoms with Crippen molar-refractivity contribution in [2.24, 2.45) is 0 Å². The molecule has 9 heteroatoms. The van der Waals surface area contributed by atoms with Crippen molar-refractivity contribution in [1.82, 2.24) is 19.9 Å². The lowest BCUT2D eigenvalue weighted by molar-refractivity contribution is 0.494. The van der Waals surface area contributed by atoms with E-state index < -0.39 is 15.8 Å². The van der Waals surface area contributed by atoms with Crippen LogP contribution in [-0.4, -0.2) is 23.6 Å². The number of benzene rings is 1. The number of pyridine rings is 1. The summed E-state index contributed by atoms with van der Waals surface area (Å²) in [4.78, 5) is 3.88. The highest BCUT2D eigenvalue weighted by Crippen LogP contribution is 2.18. The van der Waals surface area contributed by atoms with Crippen LogP contribution in [0.25, 0.3) is 11.5 Å². The third-order valence-electron chi connectivity index (χ3n) is 3.23. The number of aryl methyl sites for hydroxylation is 1. The van der Waals surface area contributed by atoms with E-state index in [-0.39, 0.29) is 23.2 Å². The van der Waals surface area contributed by atoms with Gasteiger partial charge in [-0.1, -0.05) is 0 Å². The minimum absolute atomic E-state index is 0.00206. The summed E-state index contributed by atoms with van der Waals surface area (Å²) in [7, 11) is -3.82. The number of aromatic nitrogens is 3. The van der Waals surface area contributed by atoms with Gasteiger partial charge in [-0.15, -0.1) is 10.2 Å². The van der Waals surface area contributed by atoms with E-state index in [9.17, 15) is 12.8 Å². The molecule has 2 heterocycles. The lowest BCUT2D eigenvalue weighted by Crippen LogP contribution is -2.24. The fourth-order valence-corrected chi connectivity index (χ4v) is 3.28. The van der Waals surface area contributed by atoms with E-state index >= 15 is 0 Å². The molecule has 0 aliphatic rings. The van der Waals surface area contributed by atoms with E-state index in [0.717, 1.165) is 12.1 Å². The second-order valence-electron chi connectivity index (χ2n) is 4.97. The maximum atomic E-state index is 13.1. The number of hydrogen-bond acceptors (Lipinski definition) is 6. The van der Waals surface area contributed by atoms with Crippen LogP contribution in [0, 0.1) is 12.7 Å². The first kappa shape index (κ1) is 16.2. The molecule has 0 saturated heterocycles. The van der Waals surface area contributed by atoms with Crippen molar-refractivity contribution in [2.75, 3.05) is 0 Å². The highest BCUT2D eigenvalue weighted by Gasteiger charge is 2.18. The van der Waals surface area contributed by atoms with Gasteiger partial charge in [0.1, 0.15) is 5.82 Å². The molecule has 0 atom stereocenters. The number of nitrogens with one attached hydrogen (secondary N) is 1. The topological polar surface area (TPSA) is 98.0 Å². The summed E-state index contributed by atoms with van der Waals surface area (Å²) in [5.41, 5.74) is 0.992. The van der Waals surface area contributed by atoms with Crippen LogP contribution in [0.5, 0.6) is 0 Å². The zero-order chi connectivity index (χ0) is 17.2. The molecule has 3 aromatic rings. The van der Waals surface area contributed by atoms with Gasteiger partial charge in [-0.25, -0.2) is 17.5 Å². The predicted molar refractivity (Wildman–Crippen MR) is 82.7 cm³/mol. The van der Waals surface area contributed by atoms with Gasteiger partial charge in [-0.2, -0.15) is 0 Å². The lowest BCUT2D eigenvalue weighted by atomic mass is 10.2. The Morgan fingerprint density at radius 2 is 1.92 bits per heavy atom. The summed E-state index contributed by atoms with van der Waals surface area (Å²) in [6.45, 7) is 1.35. The Labute approximate surface area is 137 Å². The van der Waals surface area contributed by atoms with Gasteiger partial charge in [0.05, 0.1) is 11.4 Å². The molecule has 0 bridgehead atoms. The maximum absolute atomic E-state index is 13.1. The summed E-state index contributed by atoms with van der Waals surface area (Å²) >= 11 is 0. The Hall–Kier alpha value is -2.65. The molecule has 124 valence electrons. The molecule has 1 aromatic carbocycles. The zero-order valence-electron chi connectivity index (χ0n) is 12.6. The van der Waals surface area contributed by atoms with Gasteiger partial charge in [0.15, 0.2) is 0 Å². The van der Waals surface area contributed by atoms with Crippen LogP contribution in [0.2, 0.25) is 0 Å². The van der Waals surface area contributed by atoms with Crippen LogP contribution in [0.15, 0.2) is 52.0 Å². The van der Waals surface area contributed by atoms with Crippen molar-refractivity contribution in [3.05, 3.63) is 60.0 Å². The number of sulfonamides is 1. The Kier molecular flexibility index (Phi) is 4.36. The first-order valence-corrected chi connectivity index (χ1v) is 8.42. The molecular weight excluding hydrogens is 335 g/mol. The van der Waals surface area contributed by atoms with Crippen molar-refractivity contribution >= 4 is 10.0 Å². The van der Waals surface area contributed by atoms with Gasteiger partial charge >= 0.3 is 0 Å². The first-order valence-electron chi connectivity index (χ1n) is 6.94. The second kappa shape index (κ2) is 6.46. The molecule has 0 spiro atoms. The van der Waals surface area contributed by atoms with Crippen LogP contribution >= 0.6 is 0 Å². The third-order valence-corrected chi connectivity index (χ3v) is 4.80. The molecule has 0 amide bonds. The van der Waals surface area contributed by atoms with E-state index in [1.807, 2.05) is 0 Å². The maximum Gasteiger partial charge on any atom is 0.247 e. The van der Waals surface area contributed by atoms with Crippen molar-refractivity contribution in [1.29, 1.82) is 0 Å². The minimum atomic E-state index is -3.82. The van der Waals surface area contributed by atoms with Gasteiger partial charge in [0.25, 0.3) is 0 Å². The average Bonchev–Trinajstić information content (AvgIpc) is 3.02. The highest BCUT2D eigenvalue weighted by molar-refractivity contribution is 7.89. The number of nitrogens with zero attached hydrogens (tertiary/aromatic N) is 3. The van der Waals surface area contributed by atoms with Crippen molar-refractivity contribution < 1.29 is 17.2 Å². The Morgan fingerprint density at radius 3 is 2.62 bits per heavy atom. The summed E-state index contributed by atoms with van der Waals surface area (Å²) < 4.78 is 45.4. The molecule has 7 nitrogen and oxygen atoms in total. The van der Waals surface area contributed by atoms with Crippen LogP contribution in [0.4, 0.5) is 4.39 Å². The van der Waals surface area contributed by atoms with E-state index in [1.54, 1.807) is 24.5 Å². The summed E-state index contributed by atoms with van der Waals surface area (Å²) in [6.07, 6.45) is 3.17. The monoisotopic (exact) mass is 348 g/mol. The van der Waals surface area contributed by atoms with Gasteiger partial charge < -0.3 is 4.42 Å². The Balaban J connectivity index is 1.75. The molecule has 2 aromatic heterocycles. The Bertz CT molecular complexity index is 958. The number of halogens is 1. The molecule has 0 radical (unpaired) electrons. The predicted octanol–water partition coefficient (Wildman–Crippen LogP) is 2.06. The molecule has 3 rings (SSSR count). The lowest BCUT2D eigenvalue weighted by Gasteiger charge is -2.07. The van der Waals surface area contributed by atoms with Gasteiger partial charge in [-0.05, 0) is 42.8 Å². The van der Waals surface area contributed by atoms with E-state index in [4.69, 9.17) is 4.42 Å². The largest absolute Gasteiger partial charge is 0.419 e. The molecule has 0 aliphatic heterocycles. The quantitative estimate of drug-likeness (QED) is 0.758. The molecule has 0 fully saturated rings. The van der Waals surface area contributed by atoms with Gasteiger partial charge in [0, 0.05) is 18.0 Å². The number of hydrogen-bond donors (Lipinski definition) is 1. The number of rotatable bonds is 5. The highest BCUT2D eigenvalue weighted by atomic mass is 32.2. The van der Waals surface area contributed by atoms with Gasteiger partial charge in [-0.3, -0.25) is 4.98 Å². The minimum Gasteiger partial charge on any atom is -0.419 e. The molecule has 1 N–H and O–H groups in total. The summed E-state index contributed by atoms with van der Waals surface area (Å²) in [5.74, 6) is -0.111. The standard InChI is InChI=1S/C15H13FN4O3S/c1-10-8-12(16)2-3-13(10)24(21,22)18-9-14-19-20-15(23-14)11-4-6-17-7-5-11/h2-8,18H,9H2,1H3. The van der Waals surface area contributed by atoms with E-state index in [2.05, 4.69) is 19.9 Å². The smallest absolute Gasteiger partial charge is 0.247 e. The van der Waals surface area contributed by atoms with Crippen molar-refractivity contribution in [3.8, 4) is 11.5 Å². The second-order valence-corrected chi connectivity index (χ2v) is 6.71. The first-order chi connectivity index (χ1) is 11.5. The molecular formula is C15H13FN4O3S. The summed E-state index contributed by atoms with van der Waals surface area (Å²) in [6, 6.07) is 6.86.